The van der Waals surface area contributed by atoms with E-state index in [0.717, 1.165) is 18.7 Å². The van der Waals surface area contributed by atoms with Crippen molar-refractivity contribution in [3.8, 4) is 0 Å². The van der Waals surface area contributed by atoms with Crippen LogP contribution in [0.2, 0.25) is 0 Å². The molecule has 0 saturated carbocycles. The molecule has 1 aromatic heterocycles. The van der Waals surface area contributed by atoms with Crippen molar-refractivity contribution in [3.05, 3.63) is 41.0 Å². The number of amides is 1. The molecule has 1 aliphatic rings. The molecule has 0 spiro atoms. The highest BCUT2D eigenvalue weighted by Gasteiger charge is 2.28. The number of aryl methyl sites for hydroxylation is 2. The van der Waals surface area contributed by atoms with Gasteiger partial charge in [0.05, 0.1) is 6.04 Å². The van der Waals surface area contributed by atoms with Crippen molar-refractivity contribution < 1.29 is 9.32 Å². The fraction of sp³-hybridized carbons (Fsp3) is 0.471. The van der Waals surface area contributed by atoms with Gasteiger partial charge in [-0.25, -0.2) is 0 Å². The Balaban J connectivity index is 1.64. The molecule has 0 radical (unpaired) electrons. The second kappa shape index (κ2) is 6.60. The van der Waals surface area contributed by atoms with Crippen LogP contribution >= 0.6 is 0 Å². The smallest absolute Gasteiger partial charge is 0.254 e. The molecule has 2 aromatic rings. The number of rotatable bonds is 3. The summed E-state index contributed by atoms with van der Waals surface area (Å²) in [6, 6.07) is 5.52. The second-order valence-electron chi connectivity index (χ2n) is 6.26. The van der Waals surface area contributed by atoms with E-state index >= 15 is 0 Å². The highest BCUT2D eigenvalue weighted by Crippen LogP contribution is 2.21. The van der Waals surface area contributed by atoms with Crippen LogP contribution < -0.4 is 5.73 Å². The molecule has 1 aromatic carbocycles. The SMILES string of the molecule is Cc1noc(C(C)N2CCN(C(=O)c3cc(N)ccc3C)CC2)n1. The minimum absolute atomic E-state index is 0.0423. The van der Waals surface area contributed by atoms with Crippen LogP contribution in [-0.4, -0.2) is 52.0 Å². The van der Waals surface area contributed by atoms with Crippen molar-refractivity contribution in [2.75, 3.05) is 31.9 Å². The number of aromatic nitrogens is 2. The van der Waals surface area contributed by atoms with E-state index in [9.17, 15) is 4.79 Å². The first-order valence-electron chi connectivity index (χ1n) is 8.15. The maximum Gasteiger partial charge on any atom is 0.254 e. The lowest BCUT2D eigenvalue weighted by molar-refractivity contribution is 0.0551. The quantitative estimate of drug-likeness (QED) is 0.864. The molecule has 2 heterocycles. The first kappa shape index (κ1) is 16.4. The van der Waals surface area contributed by atoms with Crippen LogP contribution in [0.5, 0.6) is 0 Å². The number of hydrogen-bond acceptors (Lipinski definition) is 6. The summed E-state index contributed by atoms with van der Waals surface area (Å²) in [4.78, 5) is 21.2. The number of nitrogens with zero attached hydrogens (tertiary/aromatic N) is 4. The summed E-state index contributed by atoms with van der Waals surface area (Å²) in [7, 11) is 0. The van der Waals surface area contributed by atoms with Gasteiger partial charge in [0.15, 0.2) is 5.82 Å². The maximum absolute atomic E-state index is 12.7. The monoisotopic (exact) mass is 329 g/mol. The highest BCUT2D eigenvalue weighted by molar-refractivity contribution is 5.96. The fourth-order valence-electron chi connectivity index (χ4n) is 2.99. The number of carbonyl (C=O) groups is 1. The second-order valence-corrected chi connectivity index (χ2v) is 6.26. The average Bonchev–Trinajstić information content (AvgIpc) is 3.02. The van der Waals surface area contributed by atoms with Crippen molar-refractivity contribution >= 4 is 11.6 Å². The summed E-state index contributed by atoms with van der Waals surface area (Å²) in [5.74, 6) is 1.31. The number of piperazine rings is 1. The normalized spacial score (nSPS) is 17.0. The predicted molar refractivity (Wildman–Crippen MR) is 90.5 cm³/mol. The Labute approximate surface area is 141 Å². The van der Waals surface area contributed by atoms with E-state index in [2.05, 4.69) is 15.0 Å². The first-order valence-corrected chi connectivity index (χ1v) is 8.15. The molecule has 2 N–H and O–H groups in total. The lowest BCUT2D eigenvalue weighted by Gasteiger charge is -2.37. The van der Waals surface area contributed by atoms with Gasteiger partial charge in [0, 0.05) is 37.4 Å². The minimum Gasteiger partial charge on any atom is -0.399 e. The lowest BCUT2D eigenvalue weighted by Crippen LogP contribution is -2.49. The van der Waals surface area contributed by atoms with E-state index in [1.165, 1.54) is 0 Å². The summed E-state index contributed by atoms with van der Waals surface area (Å²) in [6.07, 6.45) is 0. The zero-order chi connectivity index (χ0) is 17.3. The van der Waals surface area contributed by atoms with E-state index in [-0.39, 0.29) is 11.9 Å². The van der Waals surface area contributed by atoms with Gasteiger partial charge in [-0.3, -0.25) is 9.69 Å². The molecule has 128 valence electrons. The van der Waals surface area contributed by atoms with Crippen molar-refractivity contribution in [1.82, 2.24) is 19.9 Å². The summed E-state index contributed by atoms with van der Waals surface area (Å²) in [5, 5.41) is 3.84. The molecule has 24 heavy (non-hydrogen) atoms. The van der Waals surface area contributed by atoms with Crippen LogP contribution in [-0.2, 0) is 0 Å². The van der Waals surface area contributed by atoms with Gasteiger partial charge in [0.25, 0.3) is 5.91 Å². The van der Waals surface area contributed by atoms with Crippen LogP contribution in [0.3, 0.4) is 0 Å². The largest absolute Gasteiger partial charge is 0.399 e. The van der Waals surface area contributed by atoms with Gasteiger partial charge in [0.1, 0.15) is 0 Å². The molecule has 1 unspecified atom stereocenters. The lowest BCUT2D eigenvalue weighted by atomic mass is 10.1. The molecule has 1 aliphatic heterocycles. The molecule has 7 heteroatoms. The molecule has 1 fully saturated rings. The Morgan fingerprint density at radius 1 is 1.25 bits per heavy atom. The van der Waals surface area contributed by atoms with Crippen LogP contribution in [0.4, 0.5) is 5.69 Å². The van der Waals surface area contributed by atoms with E-state index < -0.39 is 0 Å². The van der Waals surface area contributed by atoms with E-state index in [1.807, 2.05) is 37.8 Å². The molecule has 0 aliphatic carbocycles. The van der Waals surface area contributed by atoms with Gasteiger partial charge in [-0.2, -0.15) is 4.98 Å². The number of nitrogen functional groups attached to an aromatic ring is 1. The third-order valence-corrected chi connectivity index (χ3v) is 4.54. The third-order valence-electron chi connectivity index (χ3n) is 4.54. The van der Waals surface area contributed by atoms with Crippen molar-refractivity contribution in [2.24, 2.45) is 0 Å². The van der Waals surface area contributed by atoms with Crippen LogP contribution in [0, 0.1) is 13.8 Å². The Kier molecular flexibility index (Phi) is 4.53. The number of carbonyl (C=O) groups excluding carboxylic acids is 1. The molecule has 1 atom stereocenters. The maximum atomic E-state index is 12.7. The zero-order valence-electron chi connectivity index (χ0n) is 14.3. The standard InChI is InChI=1S/C17H23N5O2/c1-11-4-5-14(18)10-15(11)17(23)22-8-6-21(7-9-22)12(2)16-19-13(3)20-24-16/h4-5,10,12H,6-9,18H2,1-3H3. The van der Waals surface area contributed by atoms with Crippen LogP contribution in [0.25, 0.3) is 0 Å². The van der Waals surface area contributed by atoms with Gasteiger partial charge in [-0.15, -0.1) is 0 Å². The Morgan fingerprint density at radius 2 is 1.96 bits per heavy atom. The van der Waals surface area contributed by atoms with Crippen LogP contribution in [0.15, 0.2) is 22.7 Å². The number of nitrogens with two attached hydrogens (primary N) is 1. The van der Waals surface area contributed by atoms with E-state index in [4.69, 9.17) is 10.3 Å². The molecule has 7 nitrogen and oxygen atoms in total. The van der Waals surface area contributed by atoms with Gasteiger partial charge in [-0.1, -0.05) is 11.2 Å². The van der Waals surface area contributed by atoms with Gasteiger partial charge in [0.2, 0.25) is 5.89 Å². The Bertz CT molecular complexity index is 734. The van der Waals surface area contributed by atoms with E-state index in [0.29, 0.717) is 36.1 Å². The van der Waals surface area contributed by atoms with E-state index in [1.54, 1.807) is 6.07 Å². The van der Waals surface area contributed by atoms with Gasteiger partial charge >= 0.3 is 0 Å². The highest BCUT2D eigenvalue weighted by atomic mass is 16.5. The van der Waals surface area contributed by atoms with Crippen molar-refractivity contribution in [3.63, 3.8) is 0 Å². The molecular weight excluding hydrogens is 306 g/mol. The van der Waals surface area contributed by atoms with Crippen LogP contribution in [0.1, 0.15) is 40.6 Å². The number of hydrogen-bond donors (Lipinski definition) is 1. The summed E-state index contributed by atoms with van der Waals surface area (Å²) >= 11 is 0. The molecule has 3 rings (SSSR count). The average molecular weight is 329 g/mol. The summed E-state index contributed by atoms with van der Waals surface area (Å²) < 4.78 is 5.25. The predicted octanol–water partition coefficient (Wildman–Crippen LogP) is 1.79. The summed E-state index contributed by atoms with van der Waals surface area (Å²) in [5.41, 5.74) is 8.07. The van der Waals surface area contributed by atoms with Gasteiger partial charge in [-0.05, 0) is 38.5 Å². The molecular formula is C17H23N5O2. The molecule has 1 saturated heterocycles. The molecule has 1 amide bonds. The Hall–Kier alpha value is -2.41. The minimum atomic E-state index is 0.0423. The zero-order valence-corrected chi connectivity index (χ0v) is 14.3. The summed E-state index contributed by atoms with van der Waals surface area (Å²) in [6.45, 7) is 8.68. The van der Waals surface area contributed by atoms with Gasteiger partial charge < -0.3 is 15.2 Å². The Morgan fingerprint density at radius 3 is 2.58 bits per heavy atom. The molecule has 0 bridgehead atoms. The number of benzene rings is 1. The third kappa shape index (κ3) is 3.26. The first-order chi connectivity index (χ1) is 11.5. The van der Waals surface area contributed by atoms with Crippen molar-refractivity contribution in [1.29, 1.82) is 0 Å². The fourth-order valence-corrected chi connectivity index (χ4v) is 2.99. The number of anilines is 1. The van der Waals surface area contributed by atoms with Crippen molar-refractivity contribution in [2.45, 2.75) is 26.8 Å². The topological polar surface area (TPSA) is 88.5 Å².